The SMILES string of the molecule is C=CC(=O)N[C@@H]1COC[C@@H]1c1n[nH]c2c1CCC(c1c(F)c(OC)cc(OC)c1F)C2. The summed E-state index contributed by atoms with van der Waals surface area (Å²) in [6.07, 6.45) is 2.78. The van der Waals surface area contributed by atoms with Crippen LogP contribution in [0.5, 0.6) is 11.5 Å². The molecule has 2 aliphatic rings. The van der Waals surface area contributed by atoms with Gasteiger partial charge in [-0.05, 0) is 36.8 Å². The third-order valence-electron chi connectivity index (χ3n) is 6.14. The highest BCUT2D eigenvalue weighted by atomic mass is 19.1. The van der Waals surface area contributed by atoms with E-state index in [1.807, 2.05) is 0 Å². The molecular formula is C22H25F2N3O4. The van der Waals surface area contributed by atoms with Crippen LogP contribution in [0.2, 0.25) is 0 Å². The zero-order valence-corrected chi connectivity index (χ0v) is 17.5. The van der Waals surface area contributed by atoms with Crippen molar-refractivity contribution in [3.8, 4) is 11.5 Å². The van der Waals surface area contributed by atoms with E-state index in [1.54, 1.807) is 0 Å². The summed E-state index contributed by atoms with van der Waals surface area (Å²) in [6.45, 7) is 4.32. The summed E-state index contributed by atoms with van der Waals surface area (Å²) >= 11 is 0. The number of rotatable bonds is 6. The molecule has 31 heavy (non-hydrogen) atoms. The predicted molar refractivity (Wildman–Crippen MR) is 109 cm³/mol. The highest BCUT2D eigenvalue weighted by Crippen LogP contribution is 2.42. The van der Waals surface area contributed by atoms with E-state index in [0.29, 0.717) is 32.5 Å². The molecule has 2 N–H and O–H groups in total. The Bertz CT molecular complexity index is 979. The van der Waals surface area contributed by atoms with Gasteiger partial charge in [0.15, 0.2) is 23.1 Å². The van der Waals surface area contributed by atoms with Crippen molar-refractivity contribution in [1.82, 2.24) is 15.5 Å². The number of ether oxygens (including phenoxy) is 3. The number of nitrogens with one attached hydrogen (secondary N) is 2. The average molecular weight is 433 g/mol. The molecule has 1 amide bonds. The second-order valence-corrected chi connectivity index (χ2v) is 7.79. The third kappa shape index (κ3) is 3.78. The molecule has 2 heterocycles. The van der Waals surface area contributed by atoms with Gasteiger partial charge in [0, 0.05) is 23.2 Å². The minimum atomic E-state index is -0.703. The van der Waals surface area contributed by atoms with Crippen LogP contribution in [0, 0.1) is 11.6 Å². The van der Waals surface area contributed by atoms with Crippen LogP contribution in [0.3, 0.4) is 0 Å². The number of carbonyl (C=O) groups excluding carboxylic acids is 1. The normalized spacial score (nSPS) is 22.6. The van der Waals surface area contributed by atoms with Gasteiger partial charge < -0.3 is 19.5 Å². The lowest BCUT2D eigenvalue weighted by Gasteiger charge is -2.26. The van der Waals surface area contributed by atoms with Gasteiger partial charge >= 0.3 is 0 Å². The number of amides is 1. The molecule has 0 saturated carbocycles. The smallest absolute Gasteiger partial charge is 0.243 e. The van der Waals surface area contributed by atoms with Gasteiger partial charge in [-0.2, -0.15) is 5.10 Å². The van der Waals surface area contributed by atoms with E-state index >= 15 is 0 Å². The van der Waals surface area contributed by atoms with Crippen molar-refractivity contribution >= 4 is 5.91 Å². The van der Waals surface area contributed by atoms with Gasteiger partial charge in [-0.3, -0.25) is 9.89 Å². The number of halogens is 2. The Balaban J connectivity index is 1.61. The van der Waals surface area contributed by atoms with Gasteiger partial charge in [-0.1, -0.05) is 6.58 Å². The maximum atomic E-state index is 15.0. The van der Waals surface area contributed by atoms with Crippen molar-refractivity contribution in [2.45, 2.75) is 37.1 Å². The van der Waals surface area contributed by atoms with Crippen molar-refractivity contribution < 1.29 is 27.8 Å². The fourth-order valence-electron chi connectivity index (χ4n) is 4.56. The Morgan fingerprint density at radius 2 is 2.00 bits per heavy atom. The van der Waals surface area contributed by atoms with E-state index in [-0.39, 0.29) is 40.8 Å². The molecule has 0 bridgehead atoms. The quantitative estimate of drug-likeness (QED) is 0.685. The van der Waals surface area contributed by atoms with Crippen molar-refractivity contribution in [2.24, 2.45) is 0 Å². The third-order valence-corrected chi connectivity index (χ3v) is 6.14. The molecule has 1 saturated heterocycles. The summed E-state index contributed by atoms with van der Waals surface area (Å²) in [7, 11) is 2.68. The average Bonchev–Trinajstić information content (AvgIpc) is 3.40. The first-order chi connectivity index (χ1) is 15.0. The largest absolute Gasteiger partial charge is 0.494 e. The van der Waals surface area contributed by atoms with E-state index in [1.165, 1.54) is 26.4 Å². The van der Waals surface area contributed by atoms with Crippen LogP contribution in [-0.2, 0) is 22.4 Å². The molecule has 1 aromatic carbocycles. The van der Waals surface area contributed by atoms with Crippen LogP contribution < -0.4 is 14.8 Å². The van der Waals surface area contributed by atoms with E-state index in [0.717, 1.165) is 17.0 Å². The van der Waals surface area contributed by atoms with Crippen LogP contribution in [-0.4, -0.2) is 49.6 Å². The fraction of sp³-hybridized carbons (Fsp3) is 0.455. The lowest BCUT2D eigenvalue weighted by atomic mass is 9.80. The number of carbonyl (C=O) groups is 1. The van der Waals surface area contributed by atoms with Gasteiger partial charge in [0.1, 0.15) is 0 Å². The molecule has 1 aliphatic heterocycles. The second kappa shape index (κ2) is 8.66. The molecule has 3 atom stereocenters. The fourth-order valence-corrected chi connectivity index (χ4v) is 4.56. The van der Waals surface area contributed by atoms with Crippen molar-refractivity contribution in [3.63, 3.8) is 0 Å². The molecule has 9 heteroatoms. The number of nitrogens with zero attached hydrogens (tertiary/aromatic N) is 1. The van der Waals surface area contributed by atoms with Gasteiger partial charge in [-0.25, -0.2) is 8.78 Å². The monoisotopic (exact) mass is 433 g/mol. The molecule has 2 aromatic rings. The minimum Gasteiger partial charge on any atom is -0.494 e. The Morgan fingerprint density at radius 3 is 2.65 bits per heavy atom. The number of hydrogen-bond acceptors (Lipinski definition) is 5. The van der Waals surface area contributed by atoms with Crippen LogP contribution >= 0.6 is 0 Å². The molecule has 1 unspecified atom stereocenters. The molecule has 0 spiro atoms. The van der Waals surface area contributed by atoms with Gasteiger partial charge in [0.05, 0.1) is 39.2 Å². The molecule has 0 radical (unpaired) electrons. The summed E-state index contributed by atoms with van der Waals surface area (Å²) in [4.78, 5) is 11.7. The number of benzene rings is 1. The lowest BCUT2D eigenvalue weighted by molar-refractivity contribution is -0.117. The second-order valence-electron chi connectivity index (χ2n) is 7.79. The Morgan fingerprint density at radius 1 is 1.29 bits per heavy atom. The molecule has 166 valence electrons. The summed E-state index contributed by atoms with van der Waals surface area (Å²) < 4.78 is 45.6. The number of aromatic amines is 1. The number of methoxy groups -OCH3 is 2. The Labute approximate surface area is 178 Å². The van der Waals surface area contributed by atoms with Crippen LogP contribution in [0.1, 0.15) is 40.8 Å². The molecule has 7 nitrogen and oxygen atoms in total. The Hall–Kier alpha value is -2.94. The molecular weight excluding hydrogens is 408 g/mol. The van der Waals surface area contributed by atoms with Crippen molar-refractivity contribution in [1.29, 1.82) is 0 Å². The summed E-state index contributed by atoms with van der Waals surface area (Å²) in [5, 5.41) is 10.4. The van der Waals surface area contributed by atoms with Gasteiger partial charge in [0.2, 0.25) is 5.91 Å². The lowest BCUT2D eigenvalue weighted by Crippen LogP contribution is -2.38. The number of H-pyrrole nitrogens is 1. The van der Waals surface area contributed by atoms with Gasteiger partial charge in [0.25, 0.3) is 0 Å². The maximum Gasteiger partial charge on any atom is 0.243 e. The topological polar surface area (TPSA) is 85.5 Å². The minimum absolute atomic E-state index is 0.0293. The zero-order chi connectivity index (χ0) is 22.1. The number of aromatic nitrogens is 2. The van der Waals surface area contributed by atoms with E-state index in [2.05, 4.69) is 22.1 Å². The number of fused-ring (bicyclic) bond motifs is 1. The predicted octanol–water partition coefficient (Wildman–Crippen LogP) is 2.76. The van der Waals surface area contributed by atoms with Crippen molar-refractivity contribution in [3.05, 3.63) is 52.9 Å². The van der Waals surface area contributed by atoms with E-state index < -0.39 is 11.6 Å². The highest BCUT2D eigenvalue weighted by Gasteiger charge is 2.37. The van der Waals surface area contributed by atoms with Crippen LogP contribution in [0.4, 0.5) is 8.78 Å². The molecule has 4 rings (SSSR count). The van der Waals surface area contributed by atoms with Gasteiger partial charge in [-0.15, -0.1) is 0 Å². The molecule has 1 aromatic heterocycles. The number of hydrogen-bond donors (Lipinski definition) is 2. The summed E-state index contributed by atoms with van der Waals surface area (Å²) in [6, 6.07) is 1.02. The van der Waals surface area contributed by atoms with Crippen LogP contribution in [0.15, 0.2) is 18.7 Å². The van der Waals surface area contributed by atoms with Crippen molar-refractivity contribution in [2.75, 3.05) is 27.4 Å². The maximum absolute atomic E-state index is 15.0. The first kappa shape index (κ1) is 21.3. The first-order valence-corrected chi connectivity index (χ1v) is 10.1. The van der Waals surface area contributed by atoms with E-state index in [4.69, 9.17) is 14.2 Å². The summed E-state index contributed by atoms with van der Waals surface area (Å²) in [5.74, 6) is -2.24. The Kier molecular flexibility index (Phi) is 5.95. The first-order valence-electron chi connectivity index (χ1n) is 10.1. The molecule has 1 aliphatic carbocycles. The highest BCUT2D eigenvalue weighted by molar-refractivity contribution is 5.87. The van der Waals surface area contributed by atoms with Crippen LogP contribution in [0.25, 0.3) is 0 Å². The van der Waals surface area contributed by atoms with E-state index in [9.17, 15) is 13.6 Å². The standard InChI is InChI=1S/C22H25F2N3O4/c1-4-18(28)25-15-10-31-9-13(15)22-12-6-5-11(7-14(12)26-27-22)19-20(23)16(29-2)8-17(30-3)21(19)24/h4,8,11,13,15H,1,5-7,9-10H2,2-3H3,(H,25,28)(H,26,27)/t11?,13-,15+/m0/s1. The summed E-state index contributed by atoms with van der Waals surface area (Å²) in [5.41, 5.74) is 2.68. The zero-order valence-electron chi connectivity index (χ0n) is 17.5. The molecule has 1 fully saturated rings.